The summed E-state index contributed by atoms with van der Waals surface area (Å²) < 4.78 is 11.9. The molecule has 1 saturated heterocycles. The zero-order chi connectivity index (χ0) is 20.3. The highest BCUT2D eigenvalue weighted by Crippen LogP contribution is 2.26. The Morgan fingerprint density at radius 2 is 1.86 bits per heavy atom. The monoisotopic (exact) mass is 388 g/mol. The van der Waals surface area contributed by atoms with E-state index in [1.165, 1.54) is 18.9 Å². The summed E-state index contributed by atoms with van der Waals surface area (Å²) in [6.45, 7) is 3.72. The highest BCUT2D eigenvalue weighted by molar-refractivity contribution is 5.99. The lowest BCUT2D eigenvalue weighted by molar-refractivity contribution is -0.125. The number of nitrogens with zero attached hydrogens (tertiary/aromatic N) is 2. The van der Waals surface area contributed by atoms with E-state index < -0.39 is 12.3 Å². The summed E-state index contributed by atoms with van der Waals surface area (Å²) in [6, 6.07) is 6.31. The standard InChI is InChI=1S/C18H24N6O4/c1-10-6-16(25)22-17(19-10)24-15(5-11(2)23-24)21-18(26)20-12-7-13(27-3)9-14(8-12)28-4/h5,7-10,17,19H,6H2,1-4H3,(H,22,25)(H2,20,21,26). The van der Waals surface area contributed by atoms with Gasteiger partial charge < -0.3 is 20.1 Å². The third-order valence-electron chi connectivity index (χ3n) is 4.19. The Bertz CT molecular complexity index is 859. The van der Waals surface area contributed by atoms with Crippen LogP contribution in [0.15, 0.2) is 24.3 Å². The van der Waals surface area contributed by atoms with E-state index in [9.17, 15) is 9.59 Å². The number of carbonyl (C=O) groups excluding carboxylic acids is 2. The molecule has 0 spiro atoms. The topological polar surface area (TPSA) is 119 Å². The summed E-state index contributed by atoms with van der Waals surface area (Å²) in [5, 5.41) is 15.9. The summed E-state index contributed by atoms with van der Waals surface area (Å²) in [4.78, 5) is 24.3. The Labute approximate surface area is 162 Å². The summed E-state index contributed by atoms with van der Waals surface area (Å²) >= 11 is 0. The van der Waals surface area contributed by atoms with E-state index in [1.807, 2.05) is 6.92 Å². The molecule has 0 bridgehead atoms. The van der Waals surface area contributed by atoms with Crippen LogP contribution < -0.4 is 30.7 Å². The quantitative estimate of drug-likeness (QED) is 0.620. The minimum atomic E-state index is -0.544. The van der Waals surface area contributed by atoms with Crippen LogP contribution in [0.2, 0.25) is 0 Å². The molecule has 1 aliphatic rings. The minimum Gasteiger partial charge on any atom is -0.497 e. The fraction of sp³-hybridized carbons (Fsp3) is 0.389. The summed E-state index contributed by atoms with van der Waals surface area (Å²) in [7, 11) is 3.07. The number of hydrogen-bond donors (Lipinski definition) is 4. The first kappa shape index (κ1) is 19.5. The van der Waals surface area contributed by atoms with Crippen molar-refractivity contribution in [2.24, 2.45) is 0 Å². The van der Waals surface area contributed by atoms with Gasteiger partial charge in [-0.1, -0.05) is 0 Å². The fourth-order valence-corrected chi connectivity index (χ4v) is 2.96. The second kappa shape index (κ2) is 8.17. The molecule has 0 saturated carbocycles. The number of ether oxygens (including phenoxy) is 2. The van der Waals surface area contributed by atoms with Crippen molar-refractivity contribution in [2.45, 2.75) is 32.6 Å². The van der Waals surface area contributed by atoms with Gasteiger partial charge in [0.1, 0.15) is 17.3 Å². The van der Waals surface area contributed by atoms with Gasteiger partial charge in [-0.3, -0.25) is 15.4 Å². The number of benzene rings is 1. The van der Waals surface area contributed by atoms with Crippen LogP contribution in [0.25, 0.3) is 0 Å². The van der Waals surface area contributed by atoms with Crippen LogP contribution in [0.3, 0.4) is 0 Å². The summed E-state index contributed by atoms with van der Waals surface area (Å²) in [5.74, 6) is 1.47. The molecule has 3 amide bonds. The third kappa shape index (κ3) is 4.52. The van der Waals surface area contributed by atoms with Gasteiger partial charge in [0.25, 0.3) is 0 Å². The predicted octanol–water partition coefficient (Wildman–Crippen LogP) is 1.81. The van der Waals surface area contributed by atoms with Crippen molar-refractivity contribution in [3.63, 3.8) is 0 Å². The lowest BCUT2D eigenvalue weighted by Crippen LogP contribution is -2.52. The van der Waals surface area contributed by atoms with Crippen LogP contribution in [0.1, 0.15) is 25.3 Å². The lowest BCUT2D eigenvalue weighted by atomic mass is 10.2. The van der Waals surface area contributed by atoms with E-state index in [0.717, 1.165) is 0 Å². The fourth-order valence-electron chi connectivity index (χ4n) is 2.96. The van der Waals surface area contributed by atoms with Crippen LogP contribution in [-0.2, 0) is 4.79 Å². The average molecular weight is 388 g/mol. The van der Waals surface area contributed by atoms with Crippen molar-refractivity contribution in [3.8, 4) is 11.5 Å². The number of aryl methyl sites for hydroxylation is 1. The number of anilines is 2. The zero-order valence-electron chi connectivity index (χ0n) is 16.2. The second-order valence-electron chi connectivity index (χ2n) is 6.54. The maximum Gasteiger partial charge on any atom is 0.324 e. The molecule has 2 aromatic rings. The average Bonchev–Trinajstić information content (AvgIpc) is 3.00. The molecule has 150 valence electrons. The molecule has 2 heterocycles. The number of amides is 3. The first-order valence-electron chi connectivity index (χ1n) is 8.80. The maximum absolute atomic E-state index is 12.5. The molecule has 0 aliphatic carbocycles. The van der Waals surface area contributed by atoms with Crippen LogP contribution in [-0.4, -0.2) is 42.0 Å². The number of aromatic nitrogens is 2. The number of hydrogen-bond acceptors (Lipinski definition) is 6. The molecule has 10 nitrogen and oxygen atoms in total. The van der Waals surface area contributed by atoms with Gasteiger partial charge in [0.05, 0.1) is 19.9 Å². The van der Waals surface area contributed by atoms with Gasteiger partial charge in [0, 0.05) is 42.4 Å². The van der Waals surface area contributed by atoms with Gasteiger partial charge in [-0.15, -0.1) is 0 Å². The van der Waals surface area contributed by atoms with E-state index in [2.05, 4.69) is 26.4 Å². The molecule has 4 N–H and O–H groups in total. The Balaban J connectivity index is 1.75. The van der Waals surface area contributed by atoms with Crippen molar-refractivity contribution < 1.29 is 19.1 Å². The van der Waals surface area contributed by atoms with Gasteiger partial charge >= 0.3 is 6.03 Å². The molecule has 3 rings (SSSR count). The van der Waals surface area contributed by atoms with E-state index >= 15 is 0 Å². The molecule has 1 aromatic heterocycles. The summed E-state index contributed by atoms with van der Waals surface area (Å²) in [6.07, 6.45) is -0.158. The van der Waals surface area contributed by atoms with Gasteiger partial charge in [-0.25, -0.2) is 9.48 Å². The molecule has 2 atom stereocenters. The van der Waals surface area contributed by atoms with Crippen molar-refractivity contribution in [2.75, 3.05) is 24.9 Å². The molecule has 10 heteroatoms. The first-order valence-corrected chi connectivity index (χ1v) is 8.80. The van der Waals surface area contributed by atoms with Crippen LogP contribution in [0, 0.1) is 6.92 Å². The van der Waals surface area contributed by atoms with Crippen LogP contribution >= 0.6 is 0 Å². The minimum absolute atomic E-state index is 0.00539. The van der Waals surface area contributed by atoms with E-state index in [1.54, 1.807) is 31.2 Å². The van der Waals surface area contributed by atoms with E-state index in [0.29, 0.717) is 35.1 Å². The molecule has 1 fully saturated rings. The van der Waals surface area contributed by atoms with Crippen molar-refractivity contribution in [3.05, 3.63) is 30.0 Å². The van der Waals surface area contributed by atoms with Gasteiger partial charge in [-0.05, 0) is 13.8 Å². The third-order valence-corrected chi connectivity index (χ3v) is 4.19. The number of methoxy groups -OCH3 is 2. The van der Waals surface area contributed by atoms with Crippen molar-refractivity contribution in [1.82, 2.24) is 20.4 Å². The summed E-state index contributed by atoms with van der Waals surface area (Å²) in [5.41, 5.74) is 1.21. The first-order chi connectivity index (χ1) is 13.4. The molecule has 1 aliphatic heterocycles. The highest BCUT2D eigenvalue weighted by Gasteiger charge is 2.26. The zero-order valence-corrected chi connectivity index (χ0v) is 16.2. The van der Waals surface area contributed by atoms with Crippen molar-refractivity contribution >= 4 is 23.4 Å². The van der Waals surface area contributed by atoms with Gasteiger partial charge in [0.15, 0.2) is 6.29 Å². The number of urea groups is 1. The Morgan fingerprint density at radius 1 is 1.18 bits per heavy atom. The Hall–Kier alpha value is -3.27. The molecule has 1 aromatic carbocycles. The molecular weight excluding hydrogens is 364 g/mol. The second-order valence-corrected chi connectivity index (χ2v) is 6.54. The molecule has 0 radical (unpaired) electrons. The lowest BCUT2D eigenvalue weighted by Gasteiger charge is -2.30. The van der Waals surface area contributed by atoms with Crippen molar-refractivity contribution in [1.29, 1.82) is 0 Å². The molecular formula is C18H24N6O4. The van der Waals surface area contributed by atoms with Gasteiger partial charge in [0.2, 0.25) is 5.91 Å². The molecule has 2 unspecified atom stereocenters. The maximum atomic E-state index is 12.5. The Morgan fingerprint density at radius 3 is 2.46 bits per heavy atom. The van der Waals surface area contributed by atoms with E-state index in [4.69, 9.17) is 9.47 Å². The Kier molecular flexibility index (Phi) is 5.69. The van der Waals surface area contributed by atoms with Gasteiger partial charge in [-0.2, -0.15) is 5.10 Å². The number of rotatable bonds is 5. The SMILES string of the molecule is COc1cc(NC(=O)Nc2cc(C)nn2C2NC(=O)CC(C)N2)cc(OC)c1. The van der Waals surface area contributed by atoms with E-state index in [-0.39, 0.29) is 11.9 Å². The largest absolute Gasteiger partial charge is 0.497 e. The predicted molar refractivity (Wildman–Crippen MR) is 104 cm³/mol. The smallest absolute Gasteiger partial charge is 0.324 e. The number of carbonyl (C=O) groups is 2. The molecule has 28 heavy (non-hydrogen) atoms. The van der Waals surface area contributed by atoms with Crippen LogP contribution in [0.4, 0.5) is 16.3 Å². The normalized spacial score (nSPS) is 18.9. The van der Waals surface area contributed by atoms with Crippen LogP contribution in [0.5, 0.6) is 11.5 Å². The number of nitrogens with one attached hydrogen (secondary N) is 4. The highest BCUT2D eigenvalue weighted by atomic mass is 16.5.